The minimum Gasteiger partial charge on any atom is -0.253 e. The molecule has 5 nitrogen and oxygen atoms in total. The number of hydrogen-bond acceptors (Lipinski definition) is 4. The lowest BCUT2D eigenvalue weighted by molar-refractivity contribution is -0.141. The van der Waals surface area contributed by atoms with E-state index in [4.69, 9.17) is 0 Å². The van der Waals surface area contributed by atoms with E-state index >= 15 is 0 Å². The van der Waals surface area contributed by atoms with E-state index in [9.17, 15) is 21.6 Å². The van der Waals surface area contributed by atoms with E-state index in [1.807, 2.05) is 0 Å². The van der Waals surface area contributed by atoms with Crippen molar-refractivity contribution in [2.45, 2.75) is 12.8 Å². The van der Waals surface area contributed by atoms with Gasteiger partial charge in [-0.2, -0.15) is 21.6 Å². The van der Waals surface area contributed by atoms with Crippen molar-refractivity contribution in [3.8, 4) is 0 Å². The number of pyridine rings is 1. The fourth-order valence-corrected chi connectivity index (χ4v) is 1.13. The summed E-state index contributed by atoms with van der Waals surface area (Å²) in [6, 6.07) is 1.78. The Labute approximate surface area is 89.3 Å². The summed E-state index contributed by atoms with van der Waals surface area (Å²) in [5, 5.41) is 4.53. The molecule has 0 aliphatic carbocycles. The molecule has 0 unspecified atom stereocenters. The maximum absolute atomic E-state index is 12.1. The molecule has 0 bridgehead atoms. The van der Waals surface area contributed by atoms with Crippen LogP contribution >= 0.6 is 0 Å². The highest BCUT2D eigenvalue weighted by Gasteiger charge is 2.31. The van der Waals surface area contributed by atoms with Crippen LogP contribution in [-0.4, -0.2) is 13.4 Å². The maximum atomic E-state index is 12.1. The van der Waals surface area contributed by atoms with Crippen molar-refractivity contribution < 1.29 is 25.8 Å². The summed E-state index contributed by atoms with van der Waals surface area (Å²) in [5.41, 5.74) is -0.895. The first-order chi connectivity index (χ1) is 7.18. The first-order valence-corrected chi connectivity index (χ1v) is 5.35. The van der Waals surface area contributed by atoms with Gasteiger partial charge in [-0.15, -0.1) is 0 Å². The summed E-state index contributed by atoms with van der Waals surface area (Å²) < 4.78 is 61.2. The van der Waals surface area contributed by atoms with Crippen LogP contribution < -0.4 is 5.14 Å². The standard InChI is InChI=1S/C7H7F3N2O3S/c8-7(9,10)6-2-1-5(3-12-6)4-15-16(11,13)14/h1-3H,4H2,(H2,11,13,14). The van der Waals surface area contributed by atoms with E-state index in [-0.39, 0.29) is 5.56 Å². The van der Waals surface area contributed by atoms with E-state index < -0.39 is 28.8 Å². The summed E-state index contributed by atoms with van der Waals surface area (Å²) in [6.07, 6.45) is -3.66. The van der Waals surface area contributed by atoms with Crippen molar-refractivity contribution >= 4 is 10.3 Å². The van der Waals surface area contributed by atoms with Crippen molar-refractivity contribution in [3.05, 3.63) is 29.6 Å². The van der Waals surface area contributed by atoms with Crippen LogP contribution in [0.3, 0.4) is 0 Å². The molecule has 90 valence electrons. The smallest absolute Gasteiger partial charge is 0.253 e. The molecule has 16 heavy (non-hydrogen) atoms. The van der Waals surface area contributed by atoms with Gasteiger partial charge in [-0.25, -0.2) is 5.14 Å². The summed E-state index contributed by atoms with van der Waals surface area (Å²) >= 11 is 0. The molecular formula is C7H7F3N2O3S. The number of rotatable bonds is 3. The SMILES string of the molecule is NS(=O)(=O)OCc1ccc(C(F)(F)F)nc1. The Balaban J connectivity index is 2.73. The molecule has 1 rings (SSSR count). The normalized spacial score (nSPS) is 12.8. The van der Waals surface area contributed by atoms with Gasteiger partial charge in [0.15, 0.2) is 0 Å². The second-order valence-electron chi connectivity index (χ2n) is 2.80. The second-order valence-corrected chi connectivity index (χ2v) is 4.03. The average molecular weight is 256 g/mol. The Kier molecular flexibility index (Phi) is 3.51. The van der Waals surface area contributed by atoms with Crippen LogP contribution in [0.15, 0.2) is 18.3 Å². The minimum atomic E-state index is -4.53. The van der Waals surface area contributed by atoms with Gasteiger partial charge in [0, 0.05) is 6.20 Å². The molecule has 0 spiro atoms. The summed E-state index contributed by atoms with van der Waals surface area (Å²) in [4.78, 5) is 3.11. The molecule has 1 heterocycles. The molecule has 0 amide bonds. The number of aromatic nitrogens is 1. The molecule has 0 atom stereocenters. The number of halogens is 3. The van der Waals surface area contributed by atoms with E-state index in [1.54, 1.807) is 0 Å². The van der Waals surface area contributed by atoms with E-state index in [2.05, 4.69) is 14.3 Å². The van der Waals surface area contributed by atoms with Crippen molar-refractivity contribution in [2.75, 3.05) is 0 Å². The zero-order valence-corrected chi connectivity index (χ0v) is 8.55. The lowest BCUT2D eigenvalue weighted by Crippen LogP contribution is -2.15. The minimum absolute atomic E-state index is 0.169. The highest BCUT2D eigenvalue weighted by atomic mass is 32.2. The summed E-state index contributed by atoms with van der Waals surface area (Å²) in [5.74, 6) is 0. The zero-order chi connectivity index (χ0) is 12.4. The topological polar surface area (TPSA) is 82.3 Å². The first-order valence-electron chi connectivity index (χ1n) is 3.88. The largest absolute Gasteiger partial charge is 0.433 e. The lowest BCUT2D eigenvalue weighted by atomic mass is 10.2. The zero-order valence-electron chi connectivity index (χ0n) is 7.73. The van der Waals surface area contributed by atoms with Gasteiger partial charge in [-0.1, -0.05) is 6.07 Å². The second kappa shape index (κ2) is 4.36. The van der Waals surface area contributed by atoms with Gasteiger partial charge >= 0.3 is 16.5 Å². The fraction of sp³-hybridized carbons (Fsp3) is 0.286. The Morgan fingerprint density at radius 1 is 1.38 bits per heavy atom. The van der Waals surface area contributed by atoms with Gasteiger partial charge in [0.25, 0.3) is 0 Å². The molecule has 0 radical (unpaired) electrons. The molecular weight excluding hydrogens is 249 g/mol. The fourth-order valence-electron chi connectivity index (χ4n) is 0.828. The van der Waals surface area contributed by atoms with Gasteiger partial charge in [0.2, 0.25) is 0 Å². The van der Waals surface area contributed by atoms with Gasteiger partial charge in [-0.05, 0) is 11.6 Å². The van der Waals surface area contributed by atoms with Gasteiger partial charge < -0.3 is 0 Å². The van der Waals surface area contributed by atoms with Crippen LogP contribution in [0.5, 0.6) is 0 Å². The van der Waals surface area contributed by atoms with Crippen LogP contribution in [0.1, 0.15) is 11.3 Å². The molecule has 0 fully saturated rings. The first kappa shape index (κ1) is 12.9. The van der Waals surface area contributed by atoms with E-state index in [0.29, 0.717) is 0 Å². The molecule has 1 aromatic heterocycles. The Morgan fingerprint density at radius 3 is 2.38 bits per heavy atom. The third-order valence-corrected chi connectivity index (χ3v) is 1.95. The highest BCUT2D eigenvalue weighted by Crippen LogP contribution is 2.27. The predicted molar refractivity (Wildman–Crippen MR) is 47.1 cm³/mol. The molecule has 9 heteroatoms. The lowest BCUT2D eigenvalue weighted by Gasteiger charge is -2.06. The van der Waals surface area contributed by atoms with Gasteiger partial charge in [0.05, 0.1) is 6.61 Å². The Bertz CT molecular complexity index is 455. The van der Waals surface area contributed by atoms with Crippen molar-refractivity contribution in [1.82, 2.24) is 4.98 Å². The Hall–Kier alpha value is -1.19. The van der Waals surface area contributed by atoms with Gasteiger partial charge in [-0.3, -0.25) is 9.17 Å². The molecule has 0 saturated carbocycles. The number of nitrogens with zero attached hydrogens (tertiary/aromatic N) is 1. The molecule has 0 aliphatic rings. The molecule has 0 aliphatic heterocycles. The summed E-state index contributed by atoms with van der Waals surface area (Å²) in [6.45, 7) is -0.454. The van der Waals surface area contributed by atoms with Crippen molar-refractivity contribution in [3.63, 3.8) is 0 Å². The molecule has 2 N–H and O–H groups in total. The molecule has 0 aromatic carbocycles. The third-order valence-electron chi connectivity index (χ3n) is 1.51. The van der Waals surface area contributed by atoms with E-state index in [1.165, 1.54) is 0 Å². The van der Waals surface area contributed by atoms with Crippen LogP contribution in [-0.2, 0) is 27.3 Å². The Morgan fingerprint density at radius 2 is 2.00 bits per heavy atom. The highest BCUT2D eigenvalue weighted by molar-refractivity contribution is 7.84. The predicted octanol–water partition coefficient (Wildman–Crippen LogP) is 0.821. The van der Waals surface area contributed by atoms with Gasteiger partial charge in [0.1, 0.15) is 5.69 Å². The third kappa shape index (κ3) is 4.13. The van der Waals surface area contributed by atoms with Crippen molar-refractivity contribution in [2.24, 2.45) is 5.14 Å². The molecule has 1 aromatic rings. The van der Waals surface area contributed by atoms with E-state index in [0.717, 1.165) is 18.3 Å². The average Bonchev–Trinajstić information content (AvgIpc) is 2.13. The summed E-state index contributed by atoms with van der Waals surface area (Å²) in [7, 11) is -4.11. The van der Waals surface area contributed by atoms with Crippen LogP contribution in [0, 0.1) is 0 Å². The number of nitrogens with two attached hydrogens (primary N) is 1. The van der Waals surface area contributed by atoms with Crippen molar-refractivity contribution in [1.29, 1.82) is 0 Å². The monoisotopic (exact) mass is 256 g/mol. The molecule has 0 saturated heterocycles. The van der Waals surface area contributed by atoms with Crippen LogP contribution in [0.2, 0.25) is 0 Å². The number of alkyl halides is 3. The quantitative estimate of drug-likeness (QED) is 0.867. The van der Waals surface area contributed by atoms with Crippen LogP contribution in [0.25, 0.3) is 0 Å². The number of hydrogen-bond donors (Lipinski definition) is 1. The maximum Gasteiger partial charge on any atom is 0.433 e. The van der Waals surface area contributed by atoms with Crippen LogP contribution in [0.4, 0.5) is 13.2 Å².